The first-order valence-electron chi connectivity index (χ1n) is 11.1. The Morgan fingerprint density at radius 2 is 1.91 bits per heavy atom. The summed E-state index contributed by atoms with van der Waals surface area (Å²) < 4.78 is 8.08. The van der Waals surface area contributed by atoms with Gasteiger partial charge >= 0.3 is 0 Å². The molecular formula is C24H29Cl2N5O2. The number of benzene rings is 1. The first-order chi connectivity index (χ1) is 15.3. The third-order valence-corrected chi connectivity index (χ3v) is 7.24. The number of fused-ring (bicyclic) bond motifs is 3. The van der Waals surface area contributed by atoms with E-state index in [-0.39, 0.29) is 24.4 Å². The van der Waals surface area contributed by atoms with Crippen molar-refractivity contribution in [3.63, 3.8) is 0 Å². The predicted molar refractivity (Wildman–Crippen MR) is 131 cm³/mol. The number of piperidine rings is 1. The molecule has 33 heavy (non-hydrogen) atoms. The Labute approximate surface area is 204 Å². The molecule has 0 atom stereocenters. The van der Waals surface area contributed by atoms with E-state index in [4.69, 9.17) is 26.4 Å². The molecule has 3 aromatic rings. The number of aromatic nitrogens is 3. The van der Waals surface area contributed by atoms with Crippen molar-refractivity contribution in [2.75, 3.05) is 13.1 Å². The van der Waals surface area contributed by atoms with Crippen LogP contribution < -0.4 is 10.1 Å². The van der Waals surface area contributed by atoms with E-state index in [0.717, 1.165) is 54.2 Å². The molecule has 0 unspecified atom stereocenters. The molecule has 2 aliphatic rings. The minimum absolute atomic E-state index is 0. The number of carbonyl (C=O) groups is 1. The molecule has 4 heterocycles. The highest BCUT2D eigenvalue weighted by Gasteiger charge is 2.45. The van der Waals surface area contributed by atoms with E-state index in [0.29, 0.717) is 22.9 Å². The molecule has 1 saturated heterocycles. The Morgan fingerprint density at radius 3 is 2.64 bits per heavy atom. The van der Waals surface area contributed by atoms with E-state index in [9.17, 15) is 4.79 Å². The molecule has 1 N–H and O–H groups in total. The first kappa shape index (κ1) is 23.8. The van der Waals surface area contributed by atoms with Gasteiger partial charge in [0, 0.05) is 5.56 Å². The van der Waals surface area contributed by atoms with Crippen molar-refractivity contribution in [1.82, 2.24) is 24.8 Å². The minimum atomic E-state index is -0.588. The Bertz CT molecular complexity index is 1220. The standard InChI is InChI=1S/C24H28ClN5O2.ClH/c1-14-20(25)15(2)30-22(27-14)18-13-29(24(3,4)21(18)28-30)23(31)17-7-5-6-8-19(17)32-16-9-11-26-12-10-16;/h5-8,16,26H,9-13H2,1-4H3;1H. The van der Waals surface area contributed by atoms with Gasteiger partial charge < -0.3 is 15.0 Å². The number of halogens is 2. The van der Waals surface area contributed by atoms with Crippen LogP contribution in [0.5, 0.6) is 5.75 Å². The zero-order valence-electron chi connectivity index (χ0n) is 19.3. The van der Waals surface area contributed by atoms with Crippen molar-refractivity contribution < 1.29 is 9.53 Å². The van der Waals surface area contributed by atoms with Crippen molar-refractivity contribution in [2.24, 2.45) is 0 Å². The second-order valence-corrected chi connectivity index (χ2v) is 9.55. The Hall–Kier alpha value is -2.35. The normalized spacial score (nSPS) is 17.7. The highest BCUT2D eigenvalue weighted by Crippen LogP contribution is 2.42. The fraction of sp³-hybridized carbons (Fsp3) is 0.458. The lowest BCUT2D eigenvalue weighted by molar-refractivity contribution is 0.0559. The summed E-state index contributed by atoms with van der Waals surface area (Å²) in [6, 6.07) is 7.55. The molecule has 1 aromatic carbocycles. The quantitative estimate of drug-likeness (QED) is 0.588. The molecular weight excluding hydrogens is 461 g/mol. The largest absolute Gasteiger partial charge is 0.489 e. The van der Waals surface area contributed by atoms with Gasteiger partial charge in [0.25, 0.3) is 5.91 Å². The summed E-state index contributed by atoms with van der Waals surface area (Å²) in [5.41, 5.74) is 4.23. The lowest BCUT2D eigenvalue weighted by Crippen LogP contribution is -2.41. The maximum absolute atomic E-state index is 13.8. The fourth-order valence-electron chi connectivity index (χ4n) is 4.78. The lowest BCUT2D eigenvalue weighted by Gasteiger charge is -2.32. The number of para-hydroxylation sites is 1. The van der Waals surface area contributed by atoms with Crippen LogP contribution in [-0.2, 0) is 12.1 Å². The second kappa shape index (κ2) is 8.78. The number of amides is 1. The molecule has 0 aliphatic carbocycles. The van der Waals surface area contributed by atoms with Crippen molar-refractivity contribution in [3.8, 4) is 5.75 Å². The second-order valence-electron chi connectivity index (χ2n) is 9.17. The first-order valence-corrected chi connectivity index (χ1v) is 11.5. The minimum Gasteiger partial charge on any atom is -0.489 e. The topological polar surface area (TPSA) is 71.8 Å². The molecule has 0 spiro atoms. The number of nitrogens with zero attached hydrogens (tertiary/aromatic N) is 4. The van der Waals surface area contributed by atoms with E-state index >= 15 is 0 Å². The van der Waals surface area contributed by atoms with Gasteiger partial charge in [0.1, 0.15) is 11.9 Å². The van der Waals surface area contributed by atoms with Gasteiger partial charge in [-0.2, -0.15) is 5.10 Å². The van der Waals surface area contributed by atoms with Crippen LogP contribution in [0.15, 0.2) is 24.3 Å². The summed E-state index contributed by atoms with van der Waals surface area (Å²) >= 11 is 6.40. The molecule has 0 bridgehead atoms. The average Bonchev–Trinajstić information content (AvgIpc) is 3.27. The molecule has 1 fully saturated rings. The van der Waals surface area contributed by atoms with Crippen LogP contribution in [0.4, 0.5) is 0 Å². The van der Waals surface area contributed by atoms with Crippen LogP contribution in [0.1, 0.15) is 59.7 Å². The molecule has 1 amide bonds. The molecule has 0 saturated carbocycles. The molecule has 2 aromatic heterocycles. The highest BCUT2D eigenvalue weighted by molar-refractivity contribution is 6.31. The maximum Gasteiger partial charge on any atom is 0.258 e. The van der Waals surface area contributed by atoms with Crippen LogP contribution in [0, 0.1) is 13.8 Å². The van der Waals surface area contributed by atoms with Gasteiger partial charge in [0.2, 0.25) is 0 Å². The third-order valence-electron chi connectivity index (χ3n) is 6.70. The summed E-state index contributed by atoms with van der Waals surface area (Å²) in [4.78, 5) is 20.3. The zero-order chi connectivity index (χ0) is 22.6. The SMILES string of the molecule is Cc1nc2c3c(nn2c(C)c1Cl)C(C)(C)N(C(=O)c1ccccc1OC1CCNCC1)C3.Cl. The Kier molecular flexibility index (Phi) is 6.33. The molecule has 0 radical (unpaired) electrons. The van der Waals surface area contributed by atoms with Crippen LogP contribution in [0.25, 0.3) is 5.65 Å². The van der Waals surface area contributed by atoms with Gasteiger partial charge in [0.05, 0.1) is 39.8 Å². The van der Waals surface area contributed by atoms with Crippen molar-refractivity contribution in [1.29, 1.82) is 0 Å². The molecule has 2 aliphatic heterocycles. The summed E-state index contributed by atoms with van der Waals surface area (Å²) in [7, 11) is 0. The van der Waals surface area contributed by atoms with E-state index in [1.54, 1.807) is 4.52 Å². The fourth-order valence-corrected chi connectivity index (χ4v) is 4.91. The number of carbonyl (C=O) groups excluding carboxylic acids is 1. The number of hydrogen-bond donors (Lipinski definition) is 1. The number of aryl methyl sites for hydroxylation is 2. The zero-order valence-corrected chi connectivity index (χ0v) is 20.9. The number of rotatable bonds is 3. The Morgan fingerprint density at radius 1 is 1.21 bits per heavy atom. The van der Waals surface area contributed by atoms with Crippen LogP contribution in [-0.4, -0.2) is 44.6 Å². The average molecular weight is 490 g/mol. The summed E-state index contributed by atoms with van der Waals surface area (Å²) in [5.74, 6) is 0.591. The summed E-state index contributed by atoms with van der Waals surface area (Å²) in [6.07, 6.45) is 2.00. The number of ether oxygens (including phenoxy) is 1. The van der Waals surface area contributed by atoms with E-state index in [1.807, 2.05) is 56.9 Å². The van der Waals surface area contributed by atoms with Crippen molar-refractivity contribution >= 4 is 35.6 Å². The van der Waals surface area contributed by atoms with Gasteiger partial charge in [-0.25, -0.2) is 9.50 Å². The summed E-state index contributed by atoms with van der Waals surface area (Å²) in [5, 5.41) is 8.79. The third kappa shape index (κ3) is 3.86. The van der Waals surface area contributed by atoms with Gasteiger partial charge in [-0.05, 0) is 65.8 Å². The molecule has 176 valence electrons. The molecule has 5 rings (SSSR count). The van der Waals surface area contributed by atoms with E-state index < -0.39 is 5.54 Å². The lowest BCUT2D eigenvalue weighted by atomic mass is 10.00. The monoisotopic (exact) mass is 489 g/mol. The smallest absolute Gasteiger partial charge is 0.258 e. The van der Waals surface area contributed by atoms with Crippen molar-refractivity contribution in [3.05, 3.63) is 57.5 Å². The highest BCUT2D eigenvalue weighted by atomic mass is 35.5. The molecule has 7 nitrogen and oxygen atoms in total. The van der Waals surface area contributed by atoms with Crippen LogP contribution in [0.2, 0.25) is 5.02 Å². The van der Waals surface area contributed by atoms with Gasteiger partial charge in [-0.3, -0.25) is 4.79 Å². The van der Waals surface area contributed by atoms with Gasteiger partial charge in [-0.15, -0.1) is 12.4 Å². The van der Waals surface area contributed by atoms with Crippen LogP contribution >= 0.6 is 24.0 Å². The van der Waals surface area contributed by atoms with E-state index in [1.165, 1.54) is 0 Å². The van der Waals surface area contributed by atoms with Crippen LogP contribution in [0.3, 0.4) is 0 Å². The van der Waals surface area contributed by atoms with Crippen molar-refractivity contribution in [2.45, 2.75) is 58.7 Å². The van der Waals surface area contributed by atoms with E-state index in [2.05, 4.69) is 5.32 Å². The number of hydrogen-bond acceptors (Lipinski definition) is 5. The number of nitrogens with one attached hydrogen (secondary N) is 1. The van der Waals surface area contributed by atoms with Gasteiger partial charge in [0.15, 0.2) is 5.65 Å². The molecule has 9 heteroatoms. The maximum atomic E-state index is 13.8. The summed E-state index contributed by atoms with van der Waals surface area (Å²) in [6.45, 7) is 10.2. The van der Waals surface area contributed by atoms with Gasteiger partial charge in [-0.1, -0.05) is 23.7 Å². The Balaban J connectivity index is 0.00000259. The predicted octanol–water partition coefficient (Wildman–Crippen LogP) is 4.44.